The van der Waals surface area contributed by atoms with Crippen LogP contribution >= 0.6 is 0 Å². The van der Waals surface area contributed by atoms with Crippen LogP contribution in [-0.2, 0) is 26.2 Å². The molecule has 2 atom stereocenters. The second-order valence-corrected chi connectivity index (χ2v) is 12.0. The Morgan fingerprint density at radius 3 is 2.10 bits per heavy atom. The summed E-state index contributed by atoms with van der Waals surface area (Å²) in [7, 11) is -1.11. The van der Waals surface area contributed by atoms with Crippen LogP contribution in [0.15, 0.2) is 77.7 Å². The lowest BCUT2D eigenvalue weighted by atomic mass is 10.1. The van der Waals surface area contributed by atoms with Gasteiger partial charge < -0.3 is 19.7 Å². The van der Waals surface area contributed by atoms with Crippen LogP contribution in [-0.4, -0.2) is 58.0 Å². The Bertz CT molecular complexity index is 1440. The zero-order valence-corrected chi connectivity index (χ0v) is 26.0. The van der Waals surface area contributed by atoms with Crippen molar-refractivity contribution in [1.29, 1.82) is 0 Å². The maximum atomic E-state index is 14.2. The van der Waals surface area contributed by atoms with Gasteiger partial charge in [0.15, 0.2) is 0 Å². The Morgan fingerprint density at radius 2 is 1.52 bits per heavy atom. The van der Waals surface area contributed by atoms with Crippen molar-refractivity contribution in [1.82, 2.24) is 10.2 Å². The molecule has 0 heterocycles. The third-order valence-electron chi connectivity index (χ3n) is 7.13. The first-order chi connectivity index (χ1) is 20.0. The van der Waals surface area contributed by atoms with Gasteiger partial charge in [0.05, 0.1) is 24.8 Å². The number of nitrogens with zero attached hydrogens (tertiary/aromatic N) is 2. The lowest BCUT2D eigenvalue weighted by Gasteiger charge is -2.33. The summed E-state index contributed by atoms with van der Waals surface area (Å²) >= 11 is 0. The van der Waals surface area contributed by atoms with E-state index in [2.05, 4.69) is 5.32 Å². The van der Waals surface area contributed by atoms with Gasteiger partial charge >= 0.3 is 0 Å². The normalized spacial score (nSPS) is 12.6. The number of carbonyl (C=O) groups is 2. The second-order valence-electron chi connectivity index (χ2n) is 10.1. The number of hydrogen-bond acceptors (Lipinski definition) is 6. The number of nitrogens with one attached hydrogen (secondary N) is 1. The van der Waals surface area contributed by atoms with Crippen molar-refractivity contribution in [3.8, 4) is 11.5 Å². The van der Waals surface area contributed by atoms with Gasteiger partial charge in [-0.15, -0.1) is 0 Å². The number of ether oxygens (including phenoxy) is 2. The summed E-state index contributed by atoms with van der Waals surface area (Å²) in [5.74, 6) is 0.295. The molecule has 0 radical (unpaired) electrons. The zero-order chi connectivity index (χ0) is 30.9. The maximum Gasteiger partial charge on any atom is 0.264 e. The van der Waals surface area contributed by atoms with Gasteiger partial charge in [-0.25, -0.2) is 8.42 Å². The molecule has 10 heteroatoms. The molecule has 0 fully saturated rings. The van der Waals surface area contributed by atoms with Crippen molar-refractivity contribution < 1.29 is 27.5 Å². The molecular weight excluding hydrogens is 554 g/mol. The molecule has 0 saturated heterocycles. The van der Waals surface area contributed by atoms with Gasteiger partial charge in [-0.2, -0.15) is 0 Å². The van der Waals surface area contributed by atoms with E-state index in [9.17, 15) is 18.0 Å². The Hall–Kier alpha value is -4.05. The minimum absolute atomic E-state index is 0.0481. The van der Waals surface area contributed by atoms with E-state index in [-0.39, 0.29) is 29.1 Å². The molecule has 0 bridgehead atoms. The third kappa shape index (κ3) is 8.03. The highest BCUT2D eigenvalue weighted by atomic mass is 32.2. The van der Waals surface area contributed by atoms with Gasteiger partial charge in [0.2, 0.25) is 11.8 Å². The minimum atomic E-state index is -4.17. The highest BCUT2D eigenvalue weighted by Crippen LogP contribution is 2.28. The molecule has 0 unspecified atom stereocenters. The van der Waals surface area contributed by atoms with Crippen molar-refractivity contribution in [3.05, 3.63) is 83.9 Å². The Kier molecular flexibility index (Phi) is 11.4. The average molecular weight is 596 g/mol. The molecule has 42 heavy (non-hydrogen) atoms. The molecule has 0 spiro atoms. The fourth-order valence-electron chi connectivity index (χ4n) is 4.42. The number of benzene rings is 3. The molecule has 226 valence electrons. The van der Waals surface area contributed by atoms with Gasteiger partial charge in [-0.3, -0.25) is 13.9 Å². The molecule has 3 aromatic rings. The van der Waals surface area contributed by atoms with Gasteiger partial charge in [0.1, 0.15) is 24.1 Å². The number of sulfonamides is 1. The van der Waals surface area contributed by atoms with E-state index in [1.54, 1.807) is 55.6 Å². The number of methoxy groups -OCH3 is 2. The van der Waals surface area contributed by atoms with E-state index in [1.807, 2.05) is 39.8 Å². The molecule has 0 saturated carbocycles. The number of amides is 2. The fourth-order valence-corrected chi connectivity index (χ4v) is 5.83. The topological polar surface area (TPSA) is 105 Å². The maximum absolute atomic E-state index is 14.2. The van der Waals surface area contributed by atoms with Crippen LogP contribution in [0.25, 0.3) is 0 Å². The largest absolute Gasteiger partial charge is 0.497 e. The van der Waals surface area contributed by atoms with E-state index in [0.29, 0.717) is 17.9 Å². The monoisotopic (exact) mass is 595 g/mol. The lowest BCUT2D eigenvalue weighted by molar-refractivity contribution is -0.140. The number of rotatable bonds is 14. The molecule has 2 amide bonds. The Morgan fingerprint density at radius 1 is 0.881 bits per heavy atom. The summed E-state index contributed by atoms with van der Waals surface area (Å²) in [6.45, 7) is 7.15. The van der Waals surface area contributed by atoms with Gasteiger partial charge in [-0.05, 0) is 68.7 Å². The number of anilines is 1. The first-order valence-corrected chi connectivity index (χ1v) is 15.4. The molecule has 0 aliphatic carbocycles. The summed E-state index contributed by atoms with van der Waals surface area (Å²) < 4.78 is 39.7. The molecule has 0 aliphatic heterocycles. The van der Waals surface area contributed by atoms with Crippen LogP contribution in [0, 0.1) is 6.92 Å². The SMILES string of the molecule is CC[C@H](C)NC(=O)[C@H](CC)N(Cc1ccc(OC)cc1)C(=O)CN(c1cccc(OC)c1)S(=O)(=O)c1ccc(C)cc1. The standard InChI is InChI=1S/C32H41N3O6S/c1-7-24(4)33-32(37)30(8-2)34(21-25-14-16-27(40-5)17-15-25)31(36)22-35(26-10-9-11-28(20-26)41-6)42(38,39)29-18-12-23(3)13-19-29/h9-20,24,30H,7-8,21-22H2,1-6H3,(H,33,37)/t24-,30-/m0/s1. The molecule has 3 aromatic carbocycles. The lowest BCUT2D eigenvalue weighted by Crippen LogP contribution is -2.53. The highest BCUT2D eigenvalue weighted by Gasteiger charge is 2.34. The molecular formula is C32H41N3O6S. The van der Waals surface area contributed by atoms with Crippen molar-refractivity contribution in [2.45, 2.75) is 64.1 Å². The molecule has 0 aromatic heterocycles. The number of hydrogen-bond donors (Lipinski definition) is 1. The van der Waals surface area contributed by atoms with E-state index in [0.717, 1.165) is 21.9 Å². The van der Waals surface area contributed by atoms with Crippen LogP contribution < -0.4 is 19.1 Å². The van der Waals surface area contributed by atoms with Gasteiger partial charge in [0.25, 0.3) is 10.0 Å². The Labute approximate surface area is 249 Å². The highest BCUT2D eigenvalue weighted by molar-refractivity contribution is 7.92. The van der Waals surface area contributed by atoms with Crippen molar-refractivity contribution >= 4 is 27.5 Å². The quantitative estimate of drug-likeness (QED) is 0.283. The van der Waals surface area contributed by atoms with Gasteiger partial charge in [0, 0.05) is 18.7 Å². The first kappa shape index (κ1) is 32.5. The Balaban J connectivity index is 2.07. The minimum Gasteiger partial charge on any atom is -0.497 e. The van der Waals surface area contributed by atoms with E-state index < -0.39 is 28.5 Å². The van der Waals surface area contributed by atoms with E-state index >= 15 is 0 Å². The summed E-state index contributed by atoms with van der Waals surface area (Å²) in [6, 6.07) is 19.3. The summed E-state index contributed by atoms with van der Waals surface area (Å²) in [5, 5.41) is 2.98. The van der Waals surface area contributed by atoms with Crippen LogP contribution in [0.2, 0.25) is 0 Å². The second kappa shape index (κ2) is 14.7. The van der Waals surface area contributed by atoms with Crippen LogP contribution in [0.1, 0.15) is 44.7 Å². The van der Waals surface area contributed by atoms with Crippen LogP contribution in [0.3, 0.4) is 0 Å². The zero-order valence-electron chi connectivity index (χ0n) is 25.2. The third-order valence-corrected chi connectivity index (χ3v) is 8.92. The van der Waals surface area contributed by atoms with Crippen molar-refractivity contribution in [3.63, 3.8) is 0 Å². The van der Waals surface area contributed by atoms with E-state index in [4.69, 9.17) is 9.47 Å². The predicted octanol–water partition coefficient (Wildman–Crippen LogP) is 4.93. The number of aryl methyl sites for hydroxylation is 1. The molecule has 9 nitrogen and oxygen atoms in total. The van der Waals surface area contributed by atoms with Crippen molar-refractivity contribution in [2.75, 3.05) is 25.1 Å². The summed E-state index contributed by atoms with van der Waals surface area (Å²) in [6.07, 6.45) is 1.07. The van der Waals surface area contributed by atoms with E-state index in [1.165, 1.54) is 24.1 Å². The predicted molar refractivity (Wildman–Crippen MR) is 164 cm³/mol. The molecule has 1 N–H and O–H groups in total. The van der Waals surface area contributed by atoms with Crippen LogP contribution in [0.5, 0.6) is 11.5 Å². The van der Waals surface area contributed by atoms with Crippen LogP contribution in [0.4, 0.5) is 5.69 Å². The van der Waals surface area contributed by atoms with Gasteiger partial charge in [-0.1, -0.05) is 49.7 Å². The smallest absolute Gasteiger partial charge is 0.264 e. The number of carbonyl (C=O) groups excluding carboxylic acids is 2. The van der Waals surface area contributed by atoms with Crippen molar-refractivity contribution in [2.24, 2.45) is 0 Å². The fraction of sp³-hybridized carbons (Fsp3) is 0.375. The molecule has 0 aliphatic rings. The molecule has 3 rings (SSSR count). The first-order valence-electron chi connectivity index (χ1n) is 14.0. The average Bonchev–Trinajstić information content (AvgIpc) is 2.99. The summed E-state index contributed by atoms with van der Waals surface area (Å²) in [5.41, 5.74) is 1.94. The summed E-state index contributed by atoms with van der Waals surface area (Å²) in [4.78, 5) is 29.1.